The van der Waals surface area contributed by atoms with Crippen LogP contribution in [0.2, 0.25) is 10.3 Å². The smallest absolute Gasteiger partial charge is 0.220 e. The Morgan fingerprint density at radius 1 is 0.736 bits per heavy atom. The summed E-state index contributed by atoms with van der Waals surface area (Å²) in [5.74, 6) is -0.0896. The number of nitrogens with one attached hydrogen (secondary N) is 1. The van der Waals surface area contributed by atoms with Gasteiger partial charge in [-0.1, -0.05) is 186 Å². The molecule has 0 spiro atoms. The van der Waals surface area contributed by atoms with Gasteiger partial charge in [0.2, 0.25) is 5.91 Å². The first-order chi connectivity index (χ1) is 26.0. The number of amides is 1. The van der Waals surface area contributed by atoms with Crippen LogP contribution in [0.15, 0.2) is 85.2 Å². The van der Waals surface area contributed by atoms with Crippen LogP contribution in [0.5, 0.6) is 0 Å². The van der Waals surface area contributed by atoms with Gasteiger partial charge in [-0.2, -0.15) is 0 Å². The number of halogens is 2. The summed E-state index contributed by atoms with van der Waals surface area (Å²) < 4.78 is 15.4. The van der Waals surface area contributed by atoms with Crippen LogP contribution in [0, 0.1) is 0 Å². The summed E-state index contributed by atoms with van der Waals surface area (Å²) in [7, 11) is 0. The number of rotatable bonds is 22. The fraction of sp³-hybridized carbons (Fsp3) is 0.500. The fourth-order valence-corrected chi connectivity index (χ4v) is 7.53. The van der Waals surface area contributed by atoms with Crippen molar-refractivity contribution in [3.8, 4) is 0 Å². The summed E-state index contributed by atoms with van der Waals surface area (Å²) in [5.41, 5.74) is 4.76. The van der Waals surface area contributed by atoms with E-state index in [1.165, 1.54) is 70.6 Å². The summed E-state index contributed by atoms with van der Waals surface area (Å²) in [4.78, 5) is 16.8. The molecular formula is C44H57Cl2N3O4. The lowest BCUT2D eigenvalue weighted by Crippen LogP contribution is -2.39. The Labute approximate surface area is 326 Å². The molecule has 1 aromatic heterocycles. The zero-order chi connectivity index (χ0) is 37.3. The SMILES string of the molecule is CCCCCCCCCCCCCCCC(=O)NCc1ccc(C2OC(Cn3cnc(Cl)c3Cl)C(c3ccccc3)C(c3ccc(CO)cc3)O2)cc1. The maximum absolute atomic E-state index is 12.6. The standard InChI is InChI=1S/C44H57Cl2N3O4/c1-2-3-4-5-6-7-8-9-10-11-12-13-17-20-39(51)47-29-33-21-27-37(28-22-33)44-52-38(30-49-32-48-42(45)43(49)46)40(35-18-15-14-16-19-35)41(53-44)36-25-23-34(31-50)24-26-36/h14-16,18-19,21-28,32,38,40-41,44,50H,2-13,17,20,29-31H2,1H3,(H,47,51). The third-order valence-electron chi connectivity index (χ3n) is 10.3. The van der Waals surface area contributed by atoms with E-state index < -0.39 is 6.29 Å². The summed E-state index contributed by atoms with van der Waals surface area (Å²) in [5, 5.41) is 13.4. The van der Waals surface area contributed by atoms with E-state index in [1.54, 1.807) is 6.33 Å². The van der Waals surface area contributed by atoms with Gasteiger partial charge in [0.25, 0.3) is 0 Å². The third-order valence-corrected chi connectivity index (χ3v) is 11.1. The van der Waals surface area contributed by atoms with Crippen LogP contribution in [0.25, 0.3) is 0 Å². The highest BCUT2D eigenvalue weighted by Gasteiger charge is 2.42. The Hall–Kier alpha value is -3.20. The van der Waals surface area contributed by atoms with Gasteiger partial charge in [-0.15, -0.1) is 0 Å². The van der Waals surface area contributed by atoms with Crippen LogP contribution < -0.4 is 5.32 Å². The van der Waals surface area contributed by atoms with E-state index in [-0.39, 0.29) is 35.8 Å². The molecule has 5 rings (SSSR count). The highest BCUT2D eigenvalue weighted by Crippen LogP contribution is 2.47. The lowest BCUT2D eigenvalue weighted by Gasteiger charge is -2.43. The van der Waals surface area contributed by atoms with Crippen molar-refractivity contribution in [1.82, 2.24) is 14.9 Å². The minimum absolute atomic E-state index is 0.0333. The van der Waals surface area contributed by atoms with Gasteiger partial charge >= 0.3 is 0 Å². The van der Waals surface area contributed by atoms with E-state index in [9.17, 15) is 9.90 Å². The van der Waals surface area contributed by atoms with Crippen molar-refractivity contribution < 1.29 is 19.4 Å². The summed E-state index contributed by atoms with van der Waals surface area (Å²) in [6.45, 7) is 3.12. The van der Waals surface area contributed by atoms with Crippen LogP contribution in [0.4, 0.5) is 0 Å². The number of carbonyl (C=O) groups is 1. The Morgan fingerprint density at radius 2 is 1.32 bits per heavy atom. The van der Waals surface area contributed by atoms with Gasteiger partial charge in [-0.05, 0) is 28.7 Å². The average Bonchev–Trinajstić information content (AvgIpc) is 3.51. The Bertz CT molecular complexity index is 1630. The molecule has 0 aliphatic carbocycles. The number of unbranched alkanes of at least 4 members (excludes halogenated alkanes) is 12. The van der Waals surface area contributed by atoms with Gasteiger partial charge in [0.1, 0.15) is 5.15 Å². The highest BCUT2D eigenvalue weighted by molar-refractivity contribution is 6.40. The second kappa shape index (κ2) is 22.2. The Balaban J connectivity index is 1.15. The Morgan fingerprint density at radius 3 is 1.91 bits per heavy atom. The number of carbonyl (C=O) groups excluding carboxylic acids is 1. The molecule has 1 aliphatic heterocycles. The van der Waals surface area contributed by atoms with Crippen molar-refractivity contribution >= 4 is 29.1 Å². The largest absolute Gasteiger partial charge is 0.392 e. The lowest BCUT2D eigenvalue weighted by molar-refractivity contribution is -0.263. The van der Waals surface area contributed by atoms with E-state index >= 15 is 0 Å². The van der Waals surface area contributed by atoms with Gasteiger partial charge in [-0.25, -0.2) is 4.98 Å². The zero-order valence-electron chi connectivity index (χ0n) is 31.2. The minimum atomic E-state index is -0.667. The zero-order valence-corrected chi connectivity index (χ0v) is 32.7. The number of imidazole rings is 1. The molecule has 4 aromatic rings. The van der Waals surface area contributed by atoms with Crippen molar-refractivity contribution in [2.24, 2.45) is 0 Å². The van der Waals surface area contributed by atoms with Gasteiger partial charge in [-0.3, -0.25) is 4.79 Å². The van der Waals surface area contributed by atoms with Gasteiger partial charge < -0.3 is 24.5 Å². The molecule has 2 heterocycles. The van der Waals surface area contributed by atoms with Gasteiger partial charge in [0.05, 0.1) is 31.7 Å². The number of aromatic nitrogens is 2. The van der Waals surface area contributed by atoms with Crippen LogP contribution in [0.1, 0.15) is 143 Å². The number of nitrogens with zero attached hydrogens (tertiary/aromatic N) is 2. The van der Waals surface area contributed by atoms with Gasteiger partial charge in [0.15, 0.2) is 11.4 Å². The topological polar surface area (TPSA) is 85.6 Å². The molecule has 3 aromatic carbocycles. The first-order valence-electron chi connectivity index (χ1n) is 19.7. The van der Waals surface area contributed by atoms with Crippen molar-refractivity contribution in [3.05, 3.63) is 123 Å². The van der Waals surface area contributed by atoms with Crippen molar-refractivity contribution in [1.29, 1.82) is 0 Å². The molecule has 0 saturated carbocycles. The van der Waals surface area contributed by atoms with E-state index in [0.29, 0.717) is 24.7 Å². The van der Waals surface area contributed by atoms with E-state index in [2.05, 4.69) is 29.4 Å². The molecule has 0 bridgehead atoms. The predicted octanol–water partition coefficient (Wildman–Crippen LogP) is 11.4. The van der Waals surface area contributed by atoms with Crippen molar-refractivity contribution in [2.45, 2.75) is 141 Å². The summed E-state index contributed by atoms with van der Waals surface area (Å²) >= 11 is 12.8. The summed E-state index contributed by atoms with van der Waals surface area (Å²) in [6, 6.07) is 26.1. The average molecular weight is 763 g/mol. The number of aliphatic hydroxyl groups excluding tert-OH is 1. The molecule has 9 heteroatoms. The second-order valence-corrected chi connectivity index (χ2v) is 15.1. The monoisotopic (exact) mass is 761 g/mol. The molecule has 0 radical (unpaired) electrons. The van der Waals surface area contributed by atoms with E-state index in [1.807, 2.05) is 71.3 Å². The highest BCUT2D eigenvalue weighted by atomic mass is 35.5. The molecule has 1 fully saturated rings. The van der Waals surface area contributed by atoms with Gasteiger partial charge in [0, 0.05) is 24.4 Å². The normalized spacial score (nSPS) is 18.6. The molecular weight excluding hydrogens is 705 g/mol. The van der Waals surface area contributed by atoms with Crippen LogP contribution >= 0.6 is 23.2 Å². The maximum Gasteiger partial charge on any atom is 0.220 e. The van der Waals surface area contributed by atoms with Crippen LogP contribution in [-0.4, -0.2) is 26.7 Å². The quantitative estimate of drug-likeness (QED) is 0.0779. The van der Waals surface area contributed by atoms with E-state index in [0.717, 1.165) is 40.7 Å². The molecule has 4 unspecified atom stereocenters. The molecule has 1 aliphatic rings. The number of aliphatic hydroxyl groups is 1. The number of benzene rings is 3. The lowest BCUT2D eigenvalue weighted by atomic mass is 9.83. The molecule has 7 nitrogen and oxygen atoms in total. The minimum Gasteiger partial charge on any atom is -0.392 e. The van der Waals surface area contributed by atoms with E-state index in [4.69, 9.17) is 32.7 Å². The molecule has 1 amide bonds. The van der Waals surface area contributed by atoms with Crippen LogP contribution in [-0.2, 0) is 34.0 Å². The first-order valence-corrected chi connectivity index (χ1v) is 20.5. The summed E-state index contributed by atoms with van der Waals surface area (Å²) in [6.07, 6.45) is 17.6. The molecule has 53 heavy (non-hydrogen) atoms. The van der Waals surface area contributed by atoms with Crippen LogP contribution in [0.3, 0.4) is 0 Å². The number of hydrogen-bond donors (Lipinski definition) is 2. The molecule has 2 N–H and O–H groups in total. The number of ether oxygens (including phenoxy) is 2. The predicted molar refractivity (Wildman–Crippen MR) is 214 cm³/mol. The third kappa shape index (κ3) is 12.7. The molecule has 1 saturated heterocycles. The van der Waals surface area contributed by atoms with Crippen molar-refractivity contribution in [3.63, 3.8) is 0 Å². The Kier molecular flexibility index (Phi) is 17.2. The fourth-order valence-electron chi connectivity index (χ4n) is 7.21. The van der Waals surface area contributed by atoms with Crippen molar-refractivity contribution in [2.75, 3.05) is 0 Å². The maximum atomic E-state index is 12.6. The first kappa shape index (κ1) is 41.0. The second-order valence-electron chi connectivity index (χ2n) is 14.4. The number of hydrogen-bond acceptors (Lipinski definition) is 5. The molecule has 286 valence electrons. The molecule has 4 atom stereocenters.